The minimum absolute atomic E-state index is 0.103. The fourth-order valence-corrected chi connectivity index (χ4v) is 6.98. The number of hydrogen-bond donors (Lipinski definition) is 5. The van der Waals surface area contributed by atoms with Gasteiger partial charge in [0.2, 0.25) is 0 Å². The Labute approximate surface area is 262 Å². The number of aliphatic hydroxyl groups is 1. The molecule has 1 saturated heterocycles. The molecular formula is C34H44FN3O7. The lowest BCUT2D eigenvalue weighted by Crippen LogP contribution is -2.44. The molecule has 2 fully saturated rings. The number of aliphatic carboxylic acids is 3. The summed E-state index contributed by atoms with van der Waals surface area (Å²) in [5.74, 6) is -4.64. The lowest BCUT2D eigenvalue weighted by molar-refractivity contribution is -0.170. The van der Waals surface area contributed by atoms with Gasteiger partial charge in [0.15, 0.2) is 5.60 Å². The van der Waals surface area contributed by atoms with Crippen molar-refractivity contribution in [1.82, 2.24) is 14.8 Å². The maximum atomic E-state index is 14.2. The number of aromatic nitrogens is 1. The SMILES string of the molecule is CN(C)C1(c2ccccc2)CCC(c2[nH]c3ccc(F)cc3c2CCN2CCCC2)CC1.O=C(O)CC(O)(CC(=O)O)C(=O)O. The Balaban J connectivity index is 0.000000302. The van der Waals surface area contributed by atoms with Gasteiger partial charge in [0, 0.05) is 28.7 Å². The van der Waals surface area contributed by atoms with Crippen LogP contribution in [0.5, 0.6) is 0 Å². The van der Waals surface area contributed by atoms with Crippen LogP contribution in [0.15, 0.2) is 48.5 Å². The van der Waals surface area contributed by atoms with E-state index < -0.39 is 36.4 Å². The molecule has 2 heterocycles. The van der Waals surface area contributed by atoms with Crippen LogP contribution in [0.2, 0.25) is 0 Å². The minimum Gasteiger partial charge on any atom is -0.481 e. The standard InChI is InChI=1S/C28H36FN3.C6H8O7/c1-31(2)28(22-8-4-3-5-9-22)15-12-21(13-16-28)27-24(14-19-32-17-6-7-18-32)25-20-23(29)10-11-26(25)30-27;7-3(8)1-6(13,5(11)12)2-4(9)10/h3-5,8-11,20-21,30H,6-7,12-19H2,1-2H3;13H,1-2H2,(H,7,8)(H,9,10)(H,11,12). The number of carbonyl (C=O) groups is 3. The van der Waals surface area contributed by atoms with Crippen LogP contribution >= 0.6 is 0 Å². The number of rotatable bonds is 11. The summed E-state index contributed by atoms with van der Waals surface area (Å²) in [6.07, 6.45) is 5.93. The Hall–Kier alpha value is -3.80. The fraction of sp³-hybridized carbons (Fsp3) is 0.500. The molecular weight excluding hydrogens is 581 g/mol. The third-order valence-corrected chi connectivity index (χ3v) is 9.45. The first-order valence-corrected chi connectivity index (χ1v) is 15.5. The summed E-state index contributed by atoms with van der Waals surface area (Å²) in [4.78, 5) is 39.2. The molecule has 5 rings (SSSR count). The Morgan fingerprint density at radius 3 is 2.11 bits per heavy atom. The number of likely N-dealkylation sites (tertiary alicyclic amines) is 1. The van der Waals surface area contributed by atoms with Crippen molar-refractivity contribution in [1.29, 1.82) is 0 Å². The summed E-state index contributed by atoms with van der Waals surface area (Å²) in [5, 5.41) is 34.9. The third kappa shape index (κ3) is 8.08. The van der Waals surface area contributed by atoms with Crippen LogP contribution in [0.1, 0.15) is 74.1 Å². The number of carboxylic acid groups (broad SMARTS) is 3. The van der Waals surface area contributed by atoms with Gasteiger partial charge < -0.3 is 30.3 Å². The van der Waals surface area contributed by atoms with E-state index in [0.29, 0.717) is 5.92 Å². The monoisotopic (exact) mass is 625 g/mol. The van der Waals surface area contributed by atoms with Crippen molar-refractivity contribution in [3.8, 4) is 0 Å². The van der Waals surface area contributed by atoms with Crippen molar-refractivity contribution in [2.24, 2.45) is 0 Å². The highest BCUT2D eigenvalue weighted by molar-refractivity contribution is 5.88. The van der Waals surface area contributed by atoms with Gasteiger partial charge in [0.1, 0.15) is 5.82 Å². The second-order valence-corrected chi connectivity index (χ2v) is 12.5. The van der Waals surface area contributed by atoms with Crippen molar-refractivity contribution in [3.05, 3.63) is 71.2 Å². The fourth-order valence-electron chi connectivity index (χ4n) is 6.98. The predicted octanol–water partition coefficient (Wildman–Crippen LogP) is 4.81. The van der Waals surface area contributed by atoms with Gasteiger partial charge in [0.05, 0.1) is 12.8 Å². The summed E-state index contributed by atoms with van der Waals surface area (Å²) < 4.78 is 14.2. The summed E-state index contributed by atoms with van der Waals surface area (Å²) >= 11 is 0. The zero-order valence-electron chi connectivity index (χ0n) is 26.0. The van der Waals surface area contributed by atoms with Crippen LogP contribution in [0.25, 0.3) is 10.9 Å². The van der Waals surface area contributed by atoms with Crippen LogP contribution < -0.4 is 0 Å². The molecule has 244 valence electrons. The van der Waals surface area contributed by atoms with E-state index >= 15 is 0 Å². The second-order valence-electron chi connectivity index (χ2n) is 12.5. The molecule has 0 spiro atoms. The first-order valence-electron chi connectivity index (χ1n) is 15.5. The van der Waals surface area contributed by atoms with Crippen LogP contribution in [-0.4, -0.2) is 92.4 Å². The number of nitrogens with zero attached hydrogens (tertiary/aromatic N) is 2. The van der Waals surface area contributed by atoms with Gasteiger partial charge in [-0.1, -0.05) is 30.3 Å². The zero-order chi connectivity index (χ0) is 32.8. The number of H-pyrrole nitrogens is 1. The minimum atomic E-state index is -2.74. The third-order valence-electron chi connectivity index (χ3n) is 9.45. The highest BCUT2D eigenvalue weighted by atomic mass is 19.1. The summed E-state index contributed by atoms with van der Waals surface area (Å²) in [6.45, 7) is 3.49. The number of hydrogen-bond acceptors (Lipinski definition) is 6. The van der Waals surface area contributed by atoms with Crippen LogP contribution in [0.4, 0.5) is 4.39 Å². The summed E-state index contributed by atoms with van der Waals surface area (Å²) in [5.41, 5.74) is 2.60. The van der Waals surface area contributed by atoms with Gasteiger partial charge >= 0.3 is 17.9 Å². The molecule has 0 amide bonds. The molecule has 1 aromatic heterocycles. The average Bonchev–Trinajstić information content (AvgIpc) is 3.63. The molecule has 45 heavy (non-hydrogen) atoms. The summed E-state index contributed by atoms with van der Waals surface area (Å²) in [7, 11) is 4.45. The molecule has 1 aliphatic carbocycles. The Morgan fingerprint density at radius 2 is 1.58 bits per heavy atom. The number of carboxylic acids is 3. The van der Waals surface area contributed by atoms with Gasteiger partial charge in [-0.3, -0.25) is 14.5 Å². The number of fused-ring (bicyclic) bond motifs is 1. The molecule has 0 bridgehead atoms. The maximum absolute atomic E-state index is 14.2. The molecule has 3 aromatic rings. The van der Waals surface area contributed by atoms with E-state index in [2.05, 4.69) is 59.2 Å². The molecule has 0 unspecified atom stereocenters. The molecule has 10 nitrogen and oxygen atoms in total. The second kappa shape index (κ2) is 14.5. The normalized spacial score (nSPS) is 20.6. The van der Waals surface area contributed by atoms with Crippen LogP contribution in [0, 0.1) is 5.82 Å². The lowest BCUT2D eigenvalue weighted by atomic mass is 9.70. The van der Waals surface area contributed by atoms with Crippen molar-refractivity contribution in [3.63, 3.8) is 0 Å². The van der Waals surface area contributed by atoms with Crippen molar-refractivity contribution in [2.75, 3.05) is 33.7 Å². The Kier molecular flexibility index (Phi) is 11.0. The Bertz CT molecular complexity index is 1460. The smallest absolute Gasteiger partial charge is 0.336 e. The molecule has 5 N–H and O–H groups in total. The van der Waals surface area contributed by atoms with E-state index in [9.17, 15) is 18.8 Å². The molecule has 0 radical (unpaired) electrons. The Morgan fingerprint density at radius 1 is 0.978 bits per heavy atom. The van der Waals surface area contributed by atoms with Crippen molar-refractivity contribution >= 4 is 28.8 Å². The average molecular weight is 626 g/mol. The highest BCUT2D eigenvalue weighted by Crippen LogP contribution is 2.47. The first-order chi connectivity index (χ1) is 21.3. The van der Waals surface area contributed by atoms with E-state index in [1.165, 1.54) is 42.8 Å². The number of nitrogens with one attached hydrogen (secondary N) is 1. The predicted molar refractivity (Wildman–Crippen MR) is 168 cm³/mol. The van der Waals surface area contributed by atoms with Crippen molar-refractivity contribution in [2.45, 2.75) is 74.8 Å². The van der Waals surface area contributed by atoms with Gasteiger partial charge in [-0.15, -0.1) is 0 Å². The number of aromatic amines is 1. The number of halogens is 1. The van der Waals surface area contributed by atoms with Crippen LogP contribution in [0.3, 0.4) is 0 Å². The molecule has 0 atom stereocenters. The summed E-state index contributed by atoms with van der Waals surface area (Å²) in [6, 6.07) is 16.2. The van der Waals surface area contributed by atoms with E-state index in [4.69, 9.17) is 20.4 Å². The largest absolute Gasteiger partial charge is 0.481 e. The van der Waals surface area contributed by atoms with Gasteiger partial charge in [-0.25, -0.2) is 9.18 Å². The van der Waals surface area contributed by atoms with Gasteiger partial charge in [-0.2, -0.15) is 0 Å². The molecule has 11 heteroatoms. The van der Waals surface area contributed by atoms with Gasteiger partial charge in [-0.05, 0) is 107 Å². The van der Waals surface area contributed by atoms with Gasteiger partial charge in [0.25, 0.3) is 0 Å². The highest BCUT2D eigenvalue weighted by Gasteiger charge is 2.41. The van der Waals surface area contributed by atoms with Crippen molar-refractivity contribution < 1.29 is 39.2 Å². The first kappa shape index (κ1) is 34.1. The molecule has 2 aromatic carbocycles. The topological polar surface area (TPSA) is 154 Å². The lowest BCUT2D eigenvalue weighted by Gasteiger charge is -2.45. The molecule has 1 aliphatic heterocycles. The quantitative estimate of drug-likeness (QED) is 0.202. The van der Waals surface area contributed by atoms with E-state index in [0.717, 1.165) is 49.6 Å². The number of benzene rings is 2. The molecule has 2 aliphatic rings. The zero-order valence-corrected chi connectivity index (χ0v) is 26.0. The van der Waals surface area contributed by atoms with E-state index in [1.807, 2.05) is 6.07 Å². The molecule has 1 saturated carbocycles. The van der Waals surface area contributed by atoms with E-state index in [1.54, 1.807) is 12.1 Å². The van der Waals surface area contributed by atoms with E-state index in [-0.39, 0.29) is 11.4 Å². The van der Waals surface area contributed by atoms with Crippen LogP contribution in [-0.2, 0) is 26.3 Å². The maximum Gasteiger partial charge on any atom is 0.336 e.